The van der Waals surface area contributed by atoms with Gasteiger partial charge >= 0.3 is 0 Å². The largest absolute Gasteiger partial charge is 0.357 e. The second-order valence-electron chi connectivity index (χ2n) is 7.63. The second kappa shape index (κ2) is 13.3. The number of hydrogen-bond donors (Lipinski definition) is 2. The van der Waals surface area contributed by atoms with Crippen LogP contribution in [0.1, 0.15) is 59.3 Å². The van der Waals surface area contributed by atoms with Gasteiger partial charge in [-0.25, -0.2) is 0 Å². The Labute approximate surface area is 180 Å². The maximum absolute atomic E-state index is 12.1. The Morgan fingerprint density at radius 1 is 1.23 bits per heavy atom. The number of hydrogen-bond acceptors (Lipinski definition) is 3. The highest BCUT2D eigenvalue weighted by atomic mass is 127. The van der Waals surface area contributed by atoms with Crippen molar-refractivity contribution in [2.45, 2.75) is 70.6 Å². The van der Waals surface area contributed by atoms with Gasteiger partial charge in [0, 0.05) is 47.5 Å². The zero-order valence-electron chi connectivity index (χ0n) is 16.8. The second-order valence-corrected chi connectivity index (χ2v) is 9.64. The van der Waals surface area contributed by atoms with Crippen LogP contribution in [0.15, 0.2) is 4.99 Å². The number of halogens is 1. The van der Waals surface area contributed by atoms with Gasteiger partial charge in [-0.15, -0.1) is 24.0 Å². The van der Waals surface area contributed by atoms with Crippen LogP contribution in [-0.4, -0.2) is 64.8 Å². The molecule has 0 radical (unpaired) electrons. The van der Waals surface area contributed by atoms with Crippen molar-refractivity contribution in [1.82, 2.24) is 15.5 Å². The summed E-state index contributed by atoms with van der Waals surface area (Å²) in [5.74, 6) is 2.29. The van der Waals surface area contributed by atoms with Crippen LogP contribution >= 0.6 is 24.0 Å². The predicted molar refractivity (Wildman–Crippen MR) is 124 cm³/mol. The molecular formula is C19H39IN4OS. The molecule has 4 atom stereocenters. The van der Waals surface area contributed by atoms with Gasteiger partial charge in [-0.3, -0.25) is 9.20 Å². The van der Waals surface area contributed by atoms with Crippen LogP contribution < -0.4 is 10.6 Å². The van der Waals surface area contributed by atoms with E-state index >= 15 is 0 Å². The van der Waals surface area contributed by atoms with Crippen molar-refractivity contribution < 1.29 is 4.21 Å². The van der Waals surface area contributed by atoms with Crippen LogP contribution in [0.3, 0.4) is 0 Å². The Morgan fingerprint density at radius 2 is 1.96 bits per heavy atom. The number of nitrogens with zero attached hydrogens (tertiary/aromatic N) is 2. The smallest absolute Gasteiger partial charge is 0.191 e. The van der Waals surface area contributed by atoms with Gasteiger partial charge in [0.15, 0.2) is 5.96 Å². The van der Waals surface area contributed by atoms with Crippen molar-refractivity contribution in [1.29, 1.82) is 0 Å². The summed E-state index contributed by atoms with van der Waals surface area (Å²) in [5.41, 5.74) is 0. The van der Waals surface area contributed by atoms with Gasteiger partial charge in [0.1, 0.15) is 0 Å². The van der Waals surface area contributed by atoms with Crippen LogP contribution in [0.25, 0.3) is 0 Å². The molecular weight excluding hydrogens is 459 g/mol. The van der Waals surface area contributed by atoms with E-state index in [1.165, 1.54) is 32.4 Å². The first-order valence-corrected chi connectivity index (χ1v) is 11.6. The molecule has 0 aromatic rings. The summed E-state index contributed by atoms with van der Waals surface area (Å²) in [4.78, 5) is 7.39. The van der Waals surface area contributed by atoms with Crippen molar-refractivity contribution >= 4 is 40.7 Å². The first-order chi connectivity index (χ1) is 12.1. The lowest BCUT2D eigenvalue weighted by Crippen LogP contribution is -2.47. The SMILES string of the molecule is CCNC(=NCC(C)CN1CCCC1)NC1CCCC(S(=O)CC)C1.I. The van der Waals surface area contributed by atoms with E-state index in [1.807, 2.05) is 6.92 Å². The molecule has 26 heavy (non-hydrogen) atoms. The molecule has 0 aromatic heterocycles. The Balaban J connectivity index is 0.00000338. The molecule has 154 valence electrons. The Morgan fingerprint density at radius 3 is 2.62 bits per heavy atom. The third kappa shape index (κ3) is 8.42. The summed E-state index contributed by atoms with van der Waals surface area (Å²) < 4.78 is 12.1. The third-order valence-corrected chi connectivity index (χ3v) is 7.04. The molecule has 0 aromatic carbocycles. The summed E-state index contributed by atoms with van der Waals surface area (Å²) in [7, 11) is -0.673. The lowest BCUT2D eigenvalue weighted by Gasteiger charge is -2.30. The van der Waals surface area contributed by atoms with Gasteiger partial charge in [0.2, 0.25) is 0 Å². The molecule has 1 saturated heterocycles. The Hall–Kier alpha value is 0.110. The van der Waals surface area contributed by atoms with E-state index in [0.29, 0.717) is 17.2 Å². The minimum absolute atomic E-state index is 0. The lowest BCUT2D eigenvalue weighted by atomic mass is 9.95. The van der Waals surface area contributed by atoms with E-state index < -0.39 is 10.8 Å². The molecule has 1 aliphatic carbocycles. The number of aliphatic imine (C=N–C) groups is 1. The molecule has 2 fully saturated rings. The Bertz CT molecular complexity index is 443. The van der Waals surface area contributed by atoms with Gasteiger partial charge in [-0.2, -0.15) is 0 Å². The summed E-state index contributed by atoms with van der Waals surface area (Å²) >= 11 is 0. The van der Waals surface area contributed by atoms with Crippen molar-refractivity contribution in [3.05, 3.63) is 0 Å². The van der Waals surface area contributed by atoms with E-state index in [2.05, 4.69) is 29.4 Å². The number of rotatable bonds is 8. The quantitative estimate of drug-likeness (QED) is 0.307. The Kier molecular flexibility index (Phi) is 12.4. The molecule has 1 aliphatic heterocycles. The number of likely N-dealkylation sites (tertiary alicyclic amines) is 1. The van der Waals surface area contributed by atoms with Crippen LogP contribution in [0, 0.1) is 5.92 Å². The maximum atomic E-state index is 12.1. The van der Waals surface area contributed by atoms with Gasteiger partial charge in [-0.05, 0) is 58.0 Å². The monoisotopic (exact) mass is 498 g/mol. The van der Waals surface area contributed by atoms with Gasteiger partial charge in [0.25, 0.3) is 0 Å². The van der Waals surface area contributed by atoms with Crippen molar-refractivity contribution in [2.75, 3.05) is 38.5 Å². The summed E-state index contributed by atoms with van der Waals surface area (Å²) in [6.45, 7) is 11.8. The van der Waals surface area contributed by atoms with Gasteiger partial charge in [-0.1, -0.05) is 20.3 Å². The molecule has 5 nitrogen and oxygen atoms in total. The third-order valence-electron chi connectivity index (χ3n) is 5.30. The van der Waals surface area contributed by atoms with Crippen molar-refractivity contribution in [3.63, 3.8) is 0 Å². The molecule has 4 unspecified atom stereocenters. The summed E-state index contributed by atoms with van der Waals surface area (Å²) in [6.07, 6.45) is 7.14. The highest BCUT2D eigenvalue weighted by molar-refractivity contribution is 14.0. The van der Waals surface area contributed by atoms with E-state index in [9.17, 15) is 4.21 Å². The first kappa shape index (κ1) is 24.1. The average Bonchev–Trinajstić information content (AvgIpc) is 3.12. The van der Waals surface area contributed by atoms with E-state index in [1.54, 1.807) is 0 Å². The molecule has 1 saturated carbocycles. The van der Waals surface area contributed by atoms with Crippen molar-refractivity contribution in [3.8, 4) is 0 Å². The molecule has 7 heteroatoms. The fraction of sp³-hybridized carbons (Fsp3) is 0.947. The van der Waals surface area contributed by atoms with Crippen LogP contribution in [0.4, 0.5) is 0 Å². The van der Waals surface area contributed by atoms with Gasteiger partial charge in [0.05, 0.1) is 0 Å². The normalized spacial score (nSPS) is 26.8. The van der Waals surface area contributed by atoms with Crippen LogP contribution in [0.5, 0.6) is 0 Å². The zero-order chi connectivity index (χ0) is 18.1. The minimum Gasteiger partial charge on any atom is -0.357 e. The van der Waals surface area contributed by atoms with Crippen molar-refractivity contribution in [2.24, 2.45) is 10.9 Å². The fourth-order valence-electron chi connectivity index (χ4n) is 3.97. The highest BCUT2D eigenvalue weighted by Crippen LogP contribution is 2.23. The van der Waals surface area contributed by atoms with E-state index in [0.717, 1.165) is 50.6 Å². The van der Waals surface area contributed by atoms with Crippen LogP contribution in [-0.2, 0) is 10.8 Å². The first-order valence-electron chi connectivity index (χ1n) is 10.3. The topological polar surface area (TPSA) is 56.7 Å². The average molecular weight is 499 g/mol. The maximum Gasteiger partial charge on any atom is 0.191 e. The molecule has 0 bridgehead atoms. The van der Waals surface area contributed by atoms with Crippen LogP contribution in [0.2, 0.25) is 0 Å². The standard InChI is InChI=1S/C19H38N4OS.HI/c1-4-20-19(21-14-16(3)15-23-11-6-7-12-23)22-17-9-8-10-18(13-17)25(24)5-2;/h16-18H,4-15H2,1-3H3,(H2,20,21,22);1H. The molecule has 1 heterocycles. The molecule has 2 rings (SSSR count). The molecule has 2 aliphatic rings. The zero-order valence-corrected chi connectivity index (χ0v) is 20.0. The highest BCUT2D eigenvalue weighted by Gasteiger charge is 2.26. The number of nitrogens with one attached hydrogen (secondary N) is 2. The predicted octanol–water partition coefficient (Wildman–Crippen LogP) is 2.97. The van der Waals surface area contributed by atoms with Gasteiger partial charge < -0.3 is 15.5 Å². The molecule has 0 amide bonds. The minimum atomic E-state index is -0.673. The fourth-order valence-corrected chi connectivity index (χ4v) is 5.32. The number of guanidine groups is 1. The molecule has 0 spiro atoms. The molecule has 2 N–H and O–H groups in total. The van der Waals surface area contributed by atoms with E-state index in [4.69, 9.17) is 4.99 Å². The van der Waals surface area contributed by atoms with E-state index in [-0.39, 0.29) is 24.0 Å². The lowest BCUT2D eigenvalue weighted by molar-refractivity contribution is 0.291. The summed E-state index contributed by atoms with van der Waals surface area (Å²) in [6, 6.07) is 0.404. The summed E-state index contributed by atoms with van der Waals surface area (Å²) in [5, 5.41) is 7.35.